The number of hydrogen-bond acceptors (Lipinski definition) is 20. The van der Waals surface area contributed by atoms with Crippen molar-refractivity contribution in [3.05, 3.63) is 12.7 Å². The van der Waals surface area contributed by atoms with Crippen molar-refractivity contribution in [2.45, 2.75) is 115 Å². The van der Waals surface area contributed by atoms with Gasteiger partial charge in [0.25, 0.3) is 0 Å². The summed E-state index contributed by atoms with van der Waals surface area (Å²) in [7, 11) is 0. The Balaban J connectivity index is 2.17. The molecule has 3 aliphatic heterocycles. The van der Waals surface area contributed by atoms with Gasteiger partial charge in [-0.15, -0.1) is 6.58 Å². The SMILES string of the molecule is C=CCO[C@@H]1O[C@H]([C@H](COC(C)=O)OC(C)=O)[C@@H](OC(C)=O)[C@H](O[C@H]2O[C@H]([C@@H]3COC(=O)O3)[C@@H](OC(C)=O)[C@H](OC(C)=O)[C@@H]2OC(C)=O)[C@@H]1O. The maximum Gasteiger partial charge on any atom is 0.508 e. The molecule has 3 aliphatic rings. The third kappa shape index (κ3) is 10.8. The van der Waals surface area contributed by atoms with Gasteiger partial charge in [-0.2, -0.15) is 0 Å². The first-order chi connectivity index (χ1) is 23.5. The number of ether oxygens (including phenoxy) is 12. The van der Waals surface area contributed by atoms with E-state index in [1.807, 2.05) is 0 Å². The first-order valence-corrected chi connectivity index (χ1v) is 15.2. The summed E-state index contributed by atoms with van der Waals surface area (Å²) in [6, 6.07) is 0. The third-order valence-corrected chi connectivity index (χ3v) is 7.08. The van der Waals surface area contributed by atoms with Gasteiger partial charge in [-0.25, -0.2) is 4.79 Å². The molecule has 280 valence electrons. The molecule has 50 heavy (non-hydrogen) atoms. The highest BCUT2D eigenvalue weighted by Gasteiger charge is 2.59. The normalized spacial score (nSPS) is 32.6. The highest BCUT2D eigenvalue weighted by atomic mass is 16.8. The van der Waals surface area contributed by atoms with Crippen molar-refractivity contribution >= 4 is 42.0 Å². The maximum atomic E-state index is 12.4. The van der Waals surface area contributed by atoms with Gasteiger partial charge < -0.3 is 61.9 Å². The van der Waals surface area contributed by atoms with Crippen LogP contribution in [-0.2, 0) is 85.6 Å². The van der Waals surface area contributed by atoms with Crippen molar-refractivity contribution in [1.82, 2.24) is 0 Å². The van der Waals surface area contributed by atoms with Crippen LogP contribution in [0.4, 0.5) is 4.79 Å². The maximum absolute atomic E-state index is 12.4. The third-order valence-electron chi connectivity index (χ3n) is 7.08. The van der Waals surface area contributed by atoms with Crippen LogP contribution in [0.5, 0.6) is 0 Å². The average molecular weight is 721 g/mol. The van der Waals surface area contributed by atoms with Gasteiger partial charge in [0, 0.05) is 41.5 Å². The lowest BCUT2D eigenvalue weighted by Crippen LogP contribution is -2.68. The second-order valence-corrected chi connectivity index (χ2v) is 11.1. The van der Waals surface area contributed by atoms with E-state index in [9.17, 15) is 38.7 Å². The van der Waals surface area contributed by atoms with E-state index in [4.69, 9.17) is 56.8 Å². The fourth-order valence-corrected chi connectivity index (χ4v) is 5.41. The Kier molecular flexibility index (Phi) is 14.5. The van der Waals surface area contributed by atoms with Gasteiger partial charge in [0.05, 0.1) is 6.61 Å². The Bertz CT molecular complexity index is 1280. The summed E-state index contributed by atoms with van der Waals surface area (Å²) in [6.45, 7) is 8.50. The fourth-order valence-electron chi connectivity index (χ4n) is 5.41. The Morgan fingerprint density at radius 2 is 1.36 bits per heavy atom. The van der Waals surface area contributed by atoms with E-state index in [1.165, 1.54) is 6.08 Å². The van der Waals surface area contributed by atoms with Crippen LogP contribution in [-0.4, -0.2) is 141 Å². The van der Waals surface area contributed by atoms with Crippen molar-refractivity contribution in [1.29, 1.82) is 0 Å². The summed E-state index contributed by atoms with van der Waals surface area (Å²) in [4.78, 5) is 85.0. The molecule has 12 atom stereocenters. The molecule has 0 aromatic carbocycles. The van der Waals surface area contributed by atoms with E-state index < -0.39 is 129 Å². The molecule has 20 nitrogen and oxygen atoms in total. The number of esters is 6. The second-order valence-electron chi connectivity index (χ2n) is 11.1. The van der Waals surface area contributed by atoms with Gasteiger partial charge in [0.1, 0.15) is 37.6 Å². The molecule has 3 rings (SSSR count). The number of carbonyl (C=O) groups is 7. The van der Waals surface area contributed by atoms with Crippen LogP contribution in [0.1, 0.15) is 41.5 Å². The van der Waals surface area contributed by atoms with Crippen LogP contribution in [0.25, 0.3) is 0 Å². The second kappa shape index (κ2) is 18.0. The molecule has 0 aromatic heterocycles. The summed E-state index contributed by atoms with van der Waals surface area (Å²) in [5, 5.41) is 11.5. The Hall–Kier alpha value is -4.37. The Labute approximate surface area is 285 Å². The lowest BCUT2D eigenvalue weighted by Gasteiger charge is -2.49. The van der Waals surface area contributed by atoms with E-state index >= 15 is 0 Å². The molecule has 0 aliphatic carbocycles. The van der Waals surface area contributed by atoms with Crippen LogP contribution >= 0.6 is 0 Å². The molecule has 0 bridgehead atoms. The van der Waals surface area contributed by atoms with Gasteiger partial charge in [0.15, 0.2) is 49.2 Å². The van der Waals surface area contributed by atoms with Gasteiger partial charge in [0.2, 0.25) is 0 Å². The number of rotatable bonds is 14. The Morgan fingerprint density at radius 1 is 0.780 bits per heavy atom. The molecule has 0 aromatic rings. The van der Waals surface area contributed by atoms with Crippen molar-refractivity contribution < 1.29 is 95.5 Å². The van der Waals surface area contributed by atoms with Crippen LogP contribution < -0.4 is 0 Å². The van der Waals surface area contributed by atoms with Crippen molar-refractivity contribution in [3.8, 4) is 0 Å². The standard InChI is InChI=1S/C30H40O20/c1-8-9-39-28-20(37)23(24(43-14(4)33)21(48-28)18(42-13(3)32)10-40-12(2)31)50-29-27(46-17(7)36)26(45-16(6)35)25(44-15(5)34)22(49-29)19-11-41-30(38)47-19/h8,18-29,37H,1,9-11H2,2-7H3/t18-,19-,20-,21+,22+,23+,24+,25+,26-,27-,28+,29+/m0/s1. The summed E-state index contributed by atoms with van der Waals surface area (Å²) in [5.41, 5.74) is 0. The molecule has 3 fully saturated rings. The monoisotopic (exact) mass is 720 g/mol. The number of cyclic esters (lactones) is 2. The minimum absolute atomic E-state index is 0.203. The van der Waals surface area contributed by atoms with Crippen LogP contribution in [0.15, 0.2) is 12.7 Å². The number of carbonyl (C=O) groups excluding carboxylic acids is 7. The van der Waals surface area contributed by atoms with E-state index in [0.29, 0.717) is 0 Å². The number of aliphatic hydroxyl groups excluding tert-OH is 1. The molecule has 0 spiro atoms. The zero-order valence-corrected chi connectivity index (χ0v) is 28.0. The van der Waals surface area contributed by atoms with E-state index in [-0.39, 0.29) is 6.61 Å². The molecule has 0 unspecified atom stereocenters. The Morgan fingerprint density at radius 3 is 1.88 bits per heavy atom. The topological polar surface area (TPSA) is 250 Å². The molecule has 0 saturated carbocycles. The molecule has 3 saturated heterocycles. The van der Waals surface area contributed by atoms with Crippen molar-refractivity contribution in [3.63, 3.8) is 0 Å². The minimum Gasteiger partial charge on any atom is -0.462 e. The van der Waals surface area contributed by atoms with Crippen LogP contribution in [0.3, 0.4) is 0 Å². The van der Waals surface area contributed by atoms with Crippen LogP contribution in [0.2, 0.25) is 0 Å². The average Bonchev–Trinajstić information content (AvgIpc) is 3.44. The summed E-state index contributed by atoms with van der Waals surface area (Å²) in [5.74, 6) is -5.34. The van der Waals surface area contributed by atoms with Gasteiger partial charge in [-0.05, 0) is 0 Å². The number of aliphatic hydroxyl groups is 1. The lowest BCUT2D eigenvalue weighted by molar-refractivity contribution is -0.367. The first-order valence-electron chi connectivity index (χ1n) is 15.2. The molecule has 3 heterocycles. The van der Waals surface area contributed by atoms with Crippen molar-refractivity contribution in [2.75, 3.05) is 19.8 Å². The molecule has 0 amide bonds. The predicted molar refractivity (Wildman–Crippen MR) is 155 cm³/mol. The summed E-state index contributed by atoms with van der Waals surface area (Å²) < 4.78 is 66.0. The van der Waals surface area contributed by atoms with Gasteiger partial charge in [-0.1, -0.05) is 6.08 Å². The van der Waals surface area contributed by atoms with Crippen LogP contribution in [0, 0.1) is 0 Å². The largest absolute Gasteiger partial charge is 0.508 e. The fraction of sp³-hybridized carbons (Fsp3) is 0.700. The van der Waals surface area contributed by atoms with E-state index in [0.717, 1.165) is 41.5 Å². The zero-order chi connectivity index (χ0) is 37.3. The van der Waals surface area contributed by atoms with E-state index in [1.54, 1.807) is 0 Å². The number of hydrogen-bond donors (Lipinski definition) is 1. The zero-order valence-electron chi connectivity index (χ0n) is 28.0. The van der Waals surface area contributed by atoms with Gasteiger partial charge in [-0.3, -0.25) is 28.8 Å². The highest BCUT2D eigenvalue weighted by Crippen LogP contribution is 2.37. The molecular formula is C30H40O20. The molecule has 1 N–H and O–H groups in total. The molecular weight excluding hydrogens is 680 g/mol. The molecule has 0 radical (unpaired) electrons. The predicted octanol–water partition coefficient (Wildman–Crippen LogP) is -0.858. The lowest BCUT2D eigenvalue weighted by atomic mass is 9.92. The minimum atomic E-state index is -1.89. The summed E-state index contributed by atoms with van der Waals surface area (Å²) in [6.07, 6.45) is -19.6. The van der Waals surface area contributed by atoms with E-state index in [2.05, 4.69) is 6.58 Å². The highest BCUT2D eigenvalue weighted by molar-refractivity contribution is 5.69. The summed E-state index contributed by atoms with van der Waals surface area (Å²) >= 11 is 0. The van der Waals surface area contributed by atoms with Crippen molar-refractivity contribution in [2.24, 2.45) is 0 Å². The molecule has 20 heteroatoms. The first kappa shape index (κ1) is 40.1. The quantitative estimate of drug-likeness (QED) is 0.130. The van der Waals surface area contributed by atoms with Gasteiger partial charge >= 0.3 is 42.0 Å². The smallest absolute Gasteiger partial charge is 0.462 e.